The van der Waals surface area contributed by atoms with Gasteiger partial charge in [0.15, 0.2) is 9.84 Å². The number of hydrogen-bond donors (Lipinski definition) is 1. The number of likely N-dealkylation sites (N-methyl/N-ethyl adjacent to an activating group) is 2. The van der Waals surface area contributed by atoms with E-state index in [0.29, 0.717) is 13.1 Å². The summed E-state index contributed by atoms with van der Waals surface area (Å²) in [4.78, 5) is 13.3. The largest absolute Gasteiger partial charge is 0.341 e. The molecule has 5 nitrogen and oxygen atoms in total. The van der Waals surface area contributed by atoms with Crippen molar-refractivity contribution < 1.29 is 13.2 Å². The molecular formula is C8H16N2O3S. The van der Waals surface area contributed by atoms with E-state index in [-0.39, 0.29) is 17.4 Å². The summed E-state index contributed by atoms with van der Waals surface area (Å²) in [5.41, 5.74) is 0. The van der Waals surface area contributed by atoms with Crippen LogP contribution in [-0.4, -0.2) is 56.9 Å². The lowest BCUT2D eigenvalue weighted by Crippen LogP contribution is -2.46. The number of nitrogens with one attached hydrogen (secondary N) is 1. The van der Waals surface area contributed by atoms with Crippen LogP contribution >= 0.6 is 0 Å². The quantitative estimate of drug-likeness (QED) is 0.638. The second kappa shape index (κ2) is 4.27. The van der Waals surface area contributed by atoms with Crippen molar-refractivity contribution in [3.8, 4) is 0 Å². The zero-order chi connectivity index (χ0) is 10.8. The van der Waals surface area contributed by atoms with Crippen LogP contribution in [0.2, 0.25) is 0 Å². The van der Waals surface area contributed by atoms with Crippen LogP contribution in [0.4, 0.5) is 0 Å². The van der Waals surface area contributed by atoms with Crippen molar-refractivity contribution in [3.05, 3.63) is 0 Å². The molecular weight excluding hydrogens is 204 g/mol. The van der Waals surface area contributed by atoms with E-state index in [1.165, 1.54) is 0 Å². The van der Waals surface area contributed by atoms with Crippen molar-refractivity contribution in [1.29, 1.82) is 0 Å². The van der Waals surface area contributed by atoms with Crippen molar-refractivity contribution in [2.75, 3.05) is 31.6 Å². The van der Waals surface area contributed by atoms with Crippen molar-refractivity contribution in [2.45, 2.75) is 13.0 Å². The number of rotatable bonds is 2. The second-order valence-electron chi connectivity index (χ2n) is 3.37. The lowest BCUT2D eigenvalue weighted by atomic mass is 10.3. The molecule has 1 N–H and O–H groups in total. The van der Waals surface area contributed by atoms with E-state index in [4.69, 9.17) is 0 Å². The molecule has 1 atom stereocenters. The van der Waals surface area contributed by atoms with Gasteiger partial charge >= 0.3 is 0 Å². The second-order valence-corrected chi connectivity index (χ2v) is 5.60. The van der Waals surface area contributed by atoms with Crippen molar-refractivity contribution in [3.63, 3.8) is 0 Å². The highest BCUT2D eigenvalue weighted by atomic mass is 32.2. The summed E-state index contributed by atoms with van der Waals surface area (Å²) in [6, 6.07) is -0.581. The van der Waals surface area contributed by atoms with E-state index in [1.54, 1.807) is 11.9 Å². The monoisotopic (exact) mass is 220 g/mol. The maximum Gasteiger partial charge on any atom is 0.240 e. The van der Waals surface area contributed by atoms with Gasteiger partial charge in [-0.1, -0.05) is 0 Å². The minimum atomic E-state index is -3.08. The SMILES string of the molecule is CCN1CCS(=O)(=O)CC(NC)C1=O. The molecule has 1 aliphatic rings. The number of carbonyl (C=O) groups is 1. The molecule has 1 aliphatic heterocycles. The van der Waals surface area contributed by atoms with Crippen LogP contribution in [-0.2, 0) is 14.6 Å². The van der Waals surface area contributed by atoms with E-state index < -0.39 is 15.9 Å². The van der Waals surface area contributed by atoms with Gasteiger partial charge in [0.05, 0.1) is 11.5 Å². The summed E-state index contributed by atoms with van der Waals surface area (Å²) < 4.78 is 22.9. The Labute approximate surface area is 84.4 Å². The van der Waals surface area contributed by atoms with Gasteiger partial charge in [-0.2, -0.15) is 0 Å². The van der Waals surface area contributed by atoms with Gasteiger partial charge in [0.2, 0.25) is 5.91 Å². The molecule has 1 fully saturated rings. The first-order valence-electron chi connectivity index (χ1n) is 4.66. The summed E-state index contributed by atoms with van der Waals surface area (Å²) in [6.07, 6.45) is 0. The Morgan fingerprint density at radius 3 is 2.71 bits per heavy atom. The predicted molar refractivity (Wildman–Crippen MR) is 53.8 cm³/mol. The summed E-state index contributed by atoms with van der Waals surface area (Å²) in [7, 11) is -1.47. The van der Waals surface area contributed by atoms with E-state index in [0.717, 1.165) is 0 Å². The van der Waals surface area contributed by atoms with Gasteiger partial charge in [-0.15, -0.1) is 0 Å². The molecule has 1 heterocycles. The fraction of sp³-hybridized carbons (Fsp3) is 0.875. The first-order chi connectivity index (χ1) is 6.50. The summed E-state index contributed by atoms with van der Waals surface area (Å²) >= 11 is 0. The van der Waals surface area contributed by atoms with Gasteiger partial charge in [-0.05, 0) is 14.0 Å². The predicted octanol–water partition coefficient (Wildman–Crippen LogP) is -1.15. The average Bonchev–Trinajstić information content (AvgIpc) is 2.24. The number of amides is 1. The van der Waals surface area contributed by atoms with Crippen LogP contribution in [0.3, 0.4) is 0 Å². The van der Waals surface area contributed by atoms with Crippen LogP contribution in [0.15, 0.2) is 0 Å². The maximum atomic E-state index is 11.7. The molecule has 1 saturated heterocycles. The average molecular weight is 220 g/mol. The molecule has 82 valence electrons. The van der Waals surface area contributed by atoms with Gasteiger partial charge in [0.1, 0.15) is 6.04 Å². The molecule has 1 unspecified atom stereocenters. The zero-order valence-electron chi connectivity index (χ0n) is 8.49. The molecule has 1 amide bonds. The topological polar surface area (TPSA) is 66.5 Å². The zero-order valence-corrected chi connectivity index (χ0v) is 9.30. The summed E-state index contributed by atoms with van der Waals surface area (Å²) in [5, 5.41) is 2.74. The fourth-order valence-electron chi connectivity index (χ4n) is 1.51. The van der Waals surface area contributed by atoms with Crippen LogP contribution in [0, 0.1) is 0 Å². The van der Waals surface area contributed by atoms with Crippen LogP contribution in [0.5, 0.6) is 0 Å². The number of sulfone groups is 1. The Hall–Kier alpha value is -0.620. The summed E-state index contributed by atoms with van der Waals surface area (Å²) in [5.74, 6) is -0.125. The highest BCUT2D eigenvalue weighted by Gasteiger charge is 2.31. The number of carbonyl (C=O) groups excluding carboxylic acids is 1. The standard InChI is InChI=1S/C8H16N2O3S/c1-3-10-4-5-14(12,13)6-7(9-2)8(10)11/h7,9H,3-6H2,1-2H3. The Balaban J connectivity index is 2.89. The Bertz CT molecular complexity index is 313. The number of hydrogen-bond acceptors (Lipinski definition) is 4. The molecule has 0 spiro atoms. The molecule has 0 aromatic heterocycles. The van der Waals surface area contributed by atoms with Crippen LogP contribution < -0.4 is 5.32 Å². The van der Waals surface area contributed by atoms with Crippen molar-refractivity contribution in [2.24, 2.45) is 0 Å². The third kappa shape index (κ3) is 2.45. The third-order valence-electron chi connectivity index (χ3n) is 2.43. The van der Waals surface area contributed by atoms with Crippen LogP contribution in [0.1, 0.15) is 6.92 Å². The van der Waals surface area contributed by atoms with E-state index in [2.05, 4.69) is 5.32 Å². The Kier molecular flexibility index (Phi) is 3.49. The molecule has 0 bridgehead atoms. The Morgan fingerprint density at radius 1 is 1.57 bits per heavy atom. The minimum Gasteiger partial charge on any atom is -0.341 e. The van der Waals surface area contributed by atoms with Crippen molar-refractivity contribution in [1.82, 2.24) is 10.2 Å². The molecule has 0 radical (unpaired) electrons. The Morgan fingerprint density at radius 2 is 2.21 bits per heavy atom. The molecule has 1 rings (SSSR count). The van der Waals surface area contributed by atoms with Gasteiger partial charge in [0.25, 0.3) is 0 Å². The highest BCUT2D eigenvalue weighted by molar-refractivity contribution is 7.91. The smallest absolute Gasteiger partial charge is 0.240 e. The lowest BCUT2D eigenvalue weighted by molar-refractivity contribution is -0.132. The first-order valence-corrected chi connectivity index (χ1v) is 6.48. The van der Waals surface area contributed by atoms with Gasteiger partial charge in [-0.25, -0.2) is 8.42 Å². The maximum absolute atomic E-state index is 11.7. The molecule has 0 aromatic carbocycles. The van der Waals surface area contributed by atoms with Gasteiger partial charge in [0, 0.05) is 13.1 Å². The van der Waals surface area contributed by atoms with E-state index in [9.17, 15) is 13.2 Å². The first kappa shape index (κ1) is 11.5. The number of nitrogens with zero attached hydrogens (tertiary/aromatic N) is 1. The van der Waals surface area contributed by atoms with E-state index >= 15 is 0 Å². The minimum absolute atomic E-state index is 0.0742. The lowest BCUT2D eigenvalue weighted by Gasteiger charge is -2.21. The molecule has 0 saturated carbocycles. The molecule has 14 heavy (non-hydrogen) atoms. The fourth-order valence-corrected chi connectivity index (χ4v) is 2.99. The van der Waals surface area contributed by atoms with E-state index in [1.807, 2.05) is 6.92 Å². The molecule has 0 aromatic rings. The van der Waals surface area contributed by atoms with Gasteiger partial charge < -0.3 is 10.2 Å². The molecule has 0 aliphatic carbocycles. The van der Waals surface area contributed by atoms with Crippen molar-refractivity contribution >= 4 is 15.7 Å². The molecule has 6 heteroatoms. The third-order valence-corrected chi connectivity index (χ3v) is 4.08. The normalized spacial score (nSPS) is 27.4. The van der Waals surface area contributed by atoms with Gasteiger partial charge in [-0.3, -0.25) is 4.79 Å². The highest BCUT2D eigenvalue weighted by Crippen LogP contribution is 2.06. The van der Waals surface area contributed by atoms with Crippen LogP contribution in [0.25, 0.3) is 0 Å². The summed E-state index contributed by atoms with van der Waals surface area (Å²) in [6.45, 7) is 2.73.